The second-order valence-electron chi connectivity index (χ2n) is 10.7. The maximum atomic E-state index is 13.8. The summed E-state index contributed by atoms with van der Waals surface area (Å²) in [6.45, 7) is 7.48. The van der Waals surface area contributed by atoms with E-state index in [9.17, 15) is 19.5 Å². The Kier molecular flexibility index (Phi) is 10.1. The monoisotopic (exact) mass is 670 g/mol. The van der Waals surface area contributed by atoms with Crippen LogP contribution in [0.4, 0.5) is 5.13 Å². The van der Waals surface area contributed by atoms with Gasteiger partial charge >= 0.3 is 11.9 Å². The number of anilines is 1. The Bertz CT molecular complexity index is 1890. The first kappa shape index (κ1) is 33.7. The van der Waals surface area contributed by atoms with Crippen molar-refractivity contribution in [3.63, 3.8) is 0 Å². The van der Waals surface area contributed by atoms with Gasteiger partial charge in [0, 0.05) is 5.56 Å². The molecule has 12 heteroatoms. The molecule has 1 N–H and O–H groups in total. The van der Waals surface area contributed by atoms with E-state index in [2.05, 4.69) is 11.6 Å². The number of nitrogens with zero attached hydrogens (tertiary/aromatic N) is 2. The number of hydrogen-bond donors (Lipinski definition) is 1. The van der Waals surface area contributed by atoms with Crippen molar-refractivity contribution in [2.24, 2.45) is 0 Å². The number of esters is 1. The summed E-state index contributed by atoms with van der Waals surface area (Å²) in [5.41, 5.74) is 2.86. The summed E-state index contributed by atoms with van der Waals surface area (Å²) in [5, 5.41) is 11.7. The van der Waals surface area contributed by atoms with Crippen molar-refractivity contribution in [2.75, 3.05) is 32.8 Å². The Balaban J connectivity index is 1.61. The fourth-order valence-corrected chi connectivity index (χ4v) is 6.26. The van der Waals surface area contributed by atoms with Crippen molar-refractivity contribution >= 4 is 39.9 Å². The Morgan fingerprint density at radius 1 is 1.00 bits per heavy atom. The van der Waals surface area contributed by atoms with E-state index in [-0.39, 0.29) is 39.3 Å². The number of Topliss-reactive ketones (excluding diaryl/α,β-unsaturated/α-hetero) is 1. The third-order valence-corrected chi connectivity index (χ3v) is 8.88. The van der Waals surface area contributed by atoms with E-state index in [1.165, 1.54) is 27.4 Å². The van der Waals surface area contributed by atoms with Crippen LogP contribution in [0.1, 0.15) is 43.7 Å². The van der Waals surface area contributed by atoms with Crippen LogP contribution in [0.3, 0.4) is 0 Å². The summed E-state index contributed by atoms with van der Waals surface area (Å²) in [6.07, 6.45) is 1.43. The number of aromatic nitrogens is 1. The van der Waals surface area contributed by atoms with E-state index in [1.807, 2.05) is 31.2 Å². The zero-order valence-corrected chi connectivity index (χ0v) is 27.9. The predicted octanol–water partition coefficient (Wildman–Crippen LogP) is 6.33. The summed E-state index contributed by atoms with van der Waals surface area (Å²) in [5.74, 6) is -1.61. The van der Waals surface area contributed by atoms with E-state index in [4.69, 9.17) is 23.7 Å². The number of amides is 1. The molecule has 0 saturated carbocycles. The summed E-state index contributed by atoms with van der Waals surface area (Å²) < 4.78 is 27.7. The van der Waals surface area contributed by atoms with E-state index < -0.39 is 29.5 Å². The number of rotatable bonds is 12. The molecule has 4 aromatic rings. The number of thiazole rings is 1. The van der Waals surface area contributed by atoms with Crippen LogP contribution in [0.5, 0.6) is 23.0 Å². The summed E-state index contributed by atoms with van der Waals surface area (Å²) in [6, 6.07) is 16.4. The minimum atomic E-state index is -1.20. The smallest absolute Gasteiger partial charge is 0.350 e. The average Bonchev–Trinajstić information content (AvgIpc) is 3.61. The standard InChI is InChI=1S/C36H34N2O9S/c1-7-16-46-35(42)33-21(3)37-36(48-33)38-29(24-17-26(43-4)32(45-6)27(18-24)44-5)28(31(40)34(38)41)30(39)22-12-14-25(15-13-22)47-19-23-11-9-8-10-20(23)2/h7-15,17-18,29,39H,1,16,19H2,2-6H3/b30-28+. The van der Waals surface area contributed by atoms with Crippen molar-refractivity contribution in [2.45, 2.75) is 26.5 Å². The van der Waals surface area contributed by atoms with Gasteiger partial charge in [-0.2, -0.15) is 0 Å². The molecule has 0 bridgehead atoms. The number of ketones is 1. The minimum Gasteiger partial charge on any atom is -0.507 e. The lowest BCUT2D eigenvalue weighted by Crippen LogP contribution is -2.29. The van der Waals surface area contributed by atoms with Crippen molar-refractivity contribution in [1.82, 2.24) is 4.98 Å². The normalized spacial score (nSPS) is 15.3. The van der Waals surface area contributed by atoms with Crippen LogP contribution in [0.2, 0.25) is 0 Å². The Hall–Kier alpha value is -5.62. The van der Waals surface area contributed by atoms with Crippen molar-refractivity contribution < 1.29 is 43.2 Å². The molecular formula is C36H34N2O9S. The summed E-state index contributed by atoms with van der Waals surface area (Å²) >= 11 is 0.888. The highest BCUT2D eigenvalue weighted by molar-refractivity contribution is 7.17. The number of ether oxygens (including phenoxy) is 5. The molecule has 2 heterocycles. The van der Waals surface area contributed by atoms with Crippen molar-refractivity contribution in [3.05, 3.63) is 112 Å². The molecule has 48 heavy (non-hydrogen) atoms. The number of aliphatic hydroxyl groups is 1. The quantitative estimate of drug-likeness (QED) is 0.0599. The number of methoxy groups -OCH3 is 3. The fourth-order valence-electron chi connectivity index (χ4n) is 5.28. The van der Waals surface area contributed by atoms with Crippen LogP contribution < -0.4 is 23.8 Å². The van der Waals surface area contributed by atoms with Gasteiger partial charge < -0.3 is 28.8 Å². The average molecular weight is 671 g/mol. The van der Waals surface area contributed by atoms with E-state index in [0.717, 1.165) is 27.4 Å². The van der Waals surface area contributed by atoms with Gasteiger partial charge in [-0.05, 0) is 66.9 Å². The molecule has 0 aliphatic carbocycles. The molecule has 3 aromatic carbocycles. The molecule has 1 amide bonds. The van der Waals surface area contributed by atoms with Gasteiger partial charge in [-0.3, -0.25) is 14.5 Å². The molecule has 11 nitrogen and oxygen atoms in total. The van der Waals surface area contributed by atoms with Gasteiger partial charge in [0.1, 0.15) is 29.6 Å². The van der Waals surface area contributed by atoms with Crippen LogP contribution in [0.25, 0.3) is 5.76 Å². The molecule has 1 aliphatic rings. The third kappa shape index (κ3) is 6.47. The predicted molar refractivity (Wildman–Crippen MR) is 180 cm³/mol. The molecule has 1 atom stereocenters. The lowest BCUT2D eigenvalue weighted by atomic mass is 9.94. The maximum absolute atomic E-state index is 13.8. The topological polar surface area (TPSA) is 134 Å². The zero-order valence-electron chi connectivity index (χ0n) is 27.1. The first-order chi connectivity index (χ1) is 23.1. The molecule has 1 fully saturated rings. The molecule has 5 rings (SSSR count). The molecule has 0 radical (unpaired) electrons. The van der Waals surface area contributed by atoms with Gasteiger partial charge in [0.25, 0.3) is 5.78 Å². The lowest BCUT2D eigenvalue weighted by molar-refractivity contribution is -0.132. The highest BCUT2D eigenvalue weighted by Gasteiger charge is 2.49. The molecule has 1 unspecified atom stereocenters. The highest BCUT2D eigenvalue weighted by atomic mass is 32.1. The van der Waals surface area contributed by atoms with Gasteiger partial charge in [-0.25, -0.2) is 9.78 Å². The second-order valence-corrected chi connectivity index (χ2v) is 11.6. The van der Waals surface area contributed by atoms with Crippen LogP contribution >= 0.6 is 11.3 Å². The third-order valence-electron chi connectivity index (χ3n) is 7.74. The maximum Gasteiger partial charge on any atom is 0.350 e. The van der Waals surface area contributed by atoms with Gasteiger partial charge in [-0.1, -0.05) is 48.3 Å². The second kappa shape index (κ2) is 14.4. The molecular weight excluding hydrogens is 636 g/mol. The van der Waals surface area contributed by atoms with Crippen molar-refractivity contribution in [1.29, 1.82) is 0 Å². The Morgan fingerprint density at radius 3 is 2.27 bits per heavy atom. The number of aliphatic hydroxyl groups excluding tert-OH is 1. The highest BCUT2D eigenvalue weighted by Crippen LogP contribution is 2.48. The number of carbonyl (C=O) groups excluding carboxylic acids is 3. The number of aryl methyl sites for hydroxylation is 2. The minimum absolute atomic E-state index is 0.0167. The summed E-state index contributed by atoms with van der Waals surface area (Å²) in [4.78, 5) is 46.1. The summed E-state index contributed by atoms with van der Waals surface area (Å²) in [7, 11) is 4.32. The molecule has 1 aromatic heterocycles. The van der Waals surface area contributed by atoms with E-state index >= 15 is 0 Å². The van der Waals surface area contributed by atoms with Gasteiger partial charge in [0.05, 0.1) is 38.6 Å². The van der Waals surface area contributed by atoms with Gasteiger partial charge in [0.2, 0.25) is 5.75 Å². The van der Waals surface area contributed by atoms with E-state index in [1.54, 1.807) is 43.3 Å². The Morgan fingerprint density at radius 2 is 1.67 bits per heavy atom. The molecule has 0 spiro atoms. The van der Waals surface area contributed by atoms with Gasteiger partial charge in [-0.15, -0.1) is 0 Å². The van der Waals surface area contributed by atoms with Gasteiger partial charge in [0.15, 0.2) is 16.6 Å². The number of carbonyl (C=O) groups is 3. The first-order valence-corrected chi connectivity index (χ1v) is 15.6. The zero-order chi connectivity index (χ0) is 34.5. The first-order valence-electron chi connectivity index (χ1n) is 14.8. The SMILES string of the molecule is C=CCOC(=O)c1sc(N2C(=O)C(=O)/C(=C(/O)c3ccc(OCc4ccccc4C)cc3)C2c2cc(OC)c(OC)c(OC)c2)nc1C. The van der Waals surface area contributed by atoms with E-state index in [0.29, 0.717) is 29.4 Å². The largest absolute Gasteiger partial charge is 0.507 e. The van der Waals surface area contributed by atoms with Crippen LogP contribution in [0.15, 0.2) is 78.9 Å². The molecule has 1 saturated heterocycles. The van der Waals surface area contributed by atoms with Crippen LogP contribution in [-0.2, 0) is 20.9 Å². The number of benzene rings is 3. The lowest BCUT2D eigenvalue weighted by Gasteiger charge is -2.24. The molecule has 1 aliphatic heterocycles. The molecule has 248 valence electrons. The fraction of sp³-hybridized carbons (Fsp3) is 0.222. The van der Waals surface area contributed by atoms with Crippen LogP contribution in [0, 0.1) is 13.8 Å². The van der Waals surface area contributed by atoms with Crippen molar-refractivity contribution in [3.8, 4) is 23.0 Å². The van der Waals surface area contributed by atoms with Crippen LogP contribution in [-0.4, -0.2) is 55.7 Å². The number of hydrogen-bond acceptors (Lipinski definition) is 11. The Labute approximate surface area is 281 Å².